The van der Waals surface area contributed by atoms with Crippen LogP contribution in [0.15, 0.2) is 34.0 Å². The number of carbonyl (C=O) groups is 1. The van der Waals surface area contributed by atoms with Crippen LogP contribution in [0.3, 0.4) is 0 Å². The molecule has 4 heterocycles. The molecule has 0 saturated carbocycles. The molecule has 3 fully saturated rings. The molecule has 9 nitrogen and oxygen atoms in total. The highest BCUT2D eigenvalue weighted by molar-refractivity contribution is 8.26. The molecule has 0 N–H and O–H groups in total. The third kappa shape index (κ3) is 5.85. The molecule has 1 amide bonds. The van der Waals surface area contributed by atoms with Crippen LogP contribution in [0.4, 0.5) is 15.9 Å². The molecule has 5 rings (SSSR count). The first-order valence-corrected chi connectivity index (χ1v) is 17.0. The topological polar surface area (TPSA) is 107 Å². The van der Waals surface area contributed by atoms with Crippen molar-refractivity contribution in [1.82, 2.24) is 9.47 Å². The molecule has 1 atom stereocenters. The maximum atomic E-state index is 13.6. The number of unbranched alkanes of at least 4 members (excludes halogenated alkanes) is 1. The highest BCUT2D eigenvalue weighted by Crippen LogP contribution is 2.38. The van der Waals surface area contributed by atoms with Gasteiger partial charge in [-0.2, -0.15) is 5.26 Å². The number of anilines is 2. The number of thioether (sulfide) groups is 1. The third-order valence-electron chi connectivity index (χ3n) is 8.03. The lowest BCUT2D eigenvalue weighted by atomic mass is 10.0. The summed E-state index contributed by atoms with van der Waals surface area (Å²) in [6.45, 7) is 6.56. The highest BCUT2D eigenvalue weighted by atomic mass is 32.2. The van der Waals surface area contributed by atoms with Crippen LogP contribution in [-0.4, -0.2) is 71.8 Å². The van der Waals surface area contributed by atoms with Crippen LogP contribution >= 0.6 is 24.0 Å². The maximum absolute atomic E-state index is 13.6. The Labute approximate surface area is 254 Å². The van der Waals surface area contributed by atoms with Gasteiger partial charge in [-0.05, 0) is 55.7 Å². The SMILES string of the molecule is CCCCn1c(N2CCN(c3ccc(F)cc3)CC2)c(/C=C2/SC(=S)N(C3CCS(=O)(=O)C3)C2=O)c(C)c(C#N)c1=O. The smallest absolute Gasteiger partial charge is 0.270 e. The zero-order valence-electron chi connectivity index (χ0n) is 23.5. The van der Waals surface area contributed by atoms with Gasteiger partial charge in [-0.3, -0.25) is 19.1 Å². The molecule has 0 spiro atoms. The summed E-state index contributed by atoms with van der Waals surface area (Å²) in [5.74, 6) is -0.0965. The van der Waals surface area contributed by atoms with E-state index in [1.54, 1.807) is 29.7 Å². The fourth-order valence-corrected chi connectivity index (χ4v) is 8.82. The predicted molar refractivity (Wildman–Crippen MR) is 168 cm³/mol. The van der Waals surface area contributed by atoms with E-state index in [0.717, 1.165) is 30.3 Å². The van der Waals surface area contributed by atoms with Crippen molar-refractivity contribution in [1.29, 1.82) is 5.26 Å². The van der Waals surface area contributed by atoms with Crippen molar-refractivity contribution in [3.05, 3.63) is 62.0 Å². The number of aromatic nitrogens is 1. The summed E-state index contributed by atoms with van der Waals surface area (Å²) in [6.07, 6.45) is 3.62. The van der Waals surface area contributed by atoms with E-state index in [-0.39, 0.29) is 34.4 Å². The van der Waals surface area contributed by atoms with Crippen LogP contribution in [0.2, 0.25) is 0 Å². The Bertz CT molecular complexity index is 1660. The van der Waals surface area contributed by atoms with Crippen molar-refractivity contribution < 1.29 is 17.6 Å². The Morgan fingerprint density at radius 2 is 1.81 bits per heavy atom. The Morgan fingerprint density at radius 3 is 2.40 bits per heavy atom. The molecule has 0 radical (unpaired) electrons. The van der Waals surface area contributed by atoms with Crippen LogP contribution in [0.25, 0.3) is 6.08 Å². The monoisotopic (exact) mass is 629 g/mol. The minimum atomic E-state index is -3.22. The number of nitriles is 1. The van der Waals surface area contributed by atoms with E-state index in [0.29, 0.717) is 65.3 Å². The van der Waals surface area contributed by atoms with Crippen molar-refractivity contribution in [3.8, 4) is 6.07 Å². The number of rotatable bonds is 7. The van der Waals surface area contributed by atoms with Crippen LogP contribution in [0, 0.1) is 24.1 Å². The molecule has 42 heavy (non-hydrogen) atoms. The molecule has 13 heteroatoms. The molecule has 0 aliphatic carbocycles. The molecule has 1 aromatic heterocycles. The number of thiocarbonyl (C=S) groups is 1. The first kappa shape index (κ1) is 30.3. The van der Waals surface area contributed by atoms with Gasteiger partial charge in [0.2, 0.25) is 0 Å². The van der Waals surface area contributed by atoms with Gasteiger partial charge in [0.1, 0.15) is 27.6 Å². The number of benzene rings is 1. The van der Waals surface area contributed by atoms with Gasteiger partial charge in [-0.25, -0.2) is 12.8 Å². The maximum Gasteiger partial charge on any atom is 0.270 e. The van der Waals surface area contributed by atoms with E-state index < -0.39 is 15.9 Å². The summed E-state index contributed by atoms with van der Waals surface area (Å²) in [4.78, 5) is 33.2. The third-order valence-corrected chi connectivity index (χ3v) is 11.1. The Balaban J connectivity index is 1.55. The van der Waals surface area contributed by atoms with E-state index in [1.165, 1.54) is 17.0 Å². The lowest BCUT2D eigenvalue weighted by Gasteiger charge is -2.39. The van der Waals surface area contributed by atoms with E-state index in [1.807, 2.05) is 6.92 Å². The largest absolute Gasteiger partial charge is 0.368 e. The molecule has 0 bridgehead atoms. The van der Waals surface area contributed by atoms with Crippen molar-refractivity contribution in [3.63, 3.8) is 0 Å². The molecule has 3 saturated heterocycles. The van der Waals surface area contributed by atoms with Gasteiger partial charge in [-0.1, -0.05) is 37.3 Å². The molecular formula is C29H32FN5O4S3. The second-order valence-corrected chi connectivity index (χ2v) is 14.6. The van der Waals surface area contributed by atoms with E-state index >= 15 is 0 Å². The first-order chi connectivity index (χ1) is 20.0. The zero-order valence-corrected chi connectivity index (χ0v) is 26.0. The summed E-state index contributed by atoms with van der Waals surface area (Å²) in [5, 5.41) is 9.96. The number of halogens is 1. The van der Waals surface area contributed by atoms with Gasteiger partial charge in [0.15, 0.2) is 9.84 Å². The molecule has 2 aromatic rings. The minimum Gasteiger partial charge on any atom is -0.368 e. The van der Waals surface area contributed by atoms with Crippen molar-refractivity contribution in [2.24, 2.45) is 0 Å². The summed E-state index contributed by atoms with van der Waals surface area (Å²) >= 11 is 6.63. The van der Waals surface area contributed by atoms with Crippen molar-refractivity contribution in [2.75, 3.05) is 47.5 Å². The Hall–Kier alpha value is -3.21. The van der Waals surface area contributed by atoms with Crippen LogP contribution in [0.1, 0.15) is 42.9 Å². The molecule has 3 aliphatic rings. The molecule has 1 unspecified atom stereocenters. The number of amides is 1. The van der Waals surface area contributed by atoms with E-state index in [2.05, 4.69) is 15.9 Å². The van der Waals surface area contributed by atoms with Gasteiger partial charge in [0, 0.05) is 44.0 Å². The van der Waals surface area contributed by atoms with Crippen molar-refractivity contribution in [2.45, 2.75) is 45.7 Å². The normalized spacial score (nSPS) is 21.4. The summed E-state index contributed by atoms with van der Waals surface area (Å²) in [5.41, 5.74) is 1.67. The Kier molecular flexibility index (Phi) is 8.78. The number of nitrogens with zero attached hydrogens (tertiary/aromatic N) is 5. The number of hydrogen-bond donors (Lipinski definition) is 0. The van der Waals surface area contributed by atoms with Crippen LogP contribution in [-0.2, 0) is 21.2 Å². The zero-order chi connectivity index (χ0) is 30.2. The number of carbonyl (C=O) groups excluding carboxylic acids is 1. The molecular weight excluding hydrogens is 598 g/mol. The molecule has 1 aromatic carbocycles. The van der Waals surface area contributed by atoms with Gasteiger partial charge in [0.05, 0.1) is 22.5 Å². The standard InChI is InChI=1S/C29H32FN5O4S3/c1-3-4-10-34-26(33-13-11-32(12-14-33)21-7-5-20(30)6-8-21)23(19(2)24(17-31)27(34)36)16-25-28(37)35(29(40)41-25)22-9-15-42(38,39)18-22/h5-8,16,22H,3-4,9-15,18H2,1-2H3/b25-16+. The average Bonchev–Trinajstić information content (AvgIpc) is 3.46. The van der Waals surface area contributed by atoms with Crippen LogP contribution < -0.4 is 15.4 Å². The summed E-state index contributed by atoms with van der Waals surface area (Å²) < 4.78 is 39.7. The number of pyridine rings is 1. The van der Waals surface area contributed by atoms with Crippen LogP contribution in [0.5, 0.6) is 0 Å². The number of hydrogen-bond acceptors (Lipinski definition) is 9. The molecule has 3 aliphatic heterocycles. The first-order valence-electron chi connectivity index (χ1n) is 13.9. The fourth-order valence-electron chi connectivity index (χ4n) is 5.74. The number of sulfone groups is 1. The molecule has 222 valence electrons. The second-order valence-electron chi connectivity index (χ2n) is 10.7. The van der Waals surface area contributed by atoms with E-state index in [4.69, 9.17) is 12.2 Å². The fraction of sp³-hybridized carbons (Fsp3) is 0.448. The van der Waals surface area contributed by atoms with Gasteiger partial charge in [0.25, 0.3) is 11.5 Å². The highest BCUT2D eigenvalue weighted by Gasteiger charge is 2.42. The number of piperazine rings is 1. The quantitative estimate of drug-likeness (QED) is 0.335. The van der Waals surface area contributed by atoms with Gasteiger partial charge in [-0.15, -0.1) is 0 Å². The summed E-state index contributed by atoms with van der Waals surface area (Å²) in [7, 11) is -3.22. The second kappa shape index (κ2) is 12.2. The minimum absolute atomic E-state index is 0.0227. The van der Waals surface area contributed by atoms with Gasteiger partial charge < -0.3 is 9.80 Å². The van der Waals surface area contributed by atoms with Crippen molar-refractivity contribution >= 4 is 61.6 Å². The Morgan fingerprint density at radius 1 is 1.14 bits per heavy atom. The lowest BCUT2D eigenvalue weighted by molar-refractivity contribution is -0.123. The predicted octanol–water partition coefficient (Wildman–Crippen LogP) is 3.68. The van der Waals surface area contributed by atoms with E-state index in [9.17, 15) is 27.7 Å². The lowest BCUT2D eigenvalue weighted by Crippen LogP contribution is -2.48. The van der Waals surface area contributed by atoms with Gasteiger partial charge >= 0.3 is 0 Å². The average molecular weight is 630 g/mol. The summed E-state index contributed by atoms with van der Waals surface area (Å²) in [6, 6.07) is 7.94.